The molecule has 12 heavy (non-hydrogen) atoms. The molecule has 2 aliphatic heterocycles. The van der Waals surface area contributed by atoms with Crippen molar-refractivity contribution < 1.29 is 0 Å². The van der Waals surface area contributed by atoms with Crippen LogP contribution in [0.3, 0.4) is 0 Å². The molecule has 0 spiro atoms. The Kier molecular flexibility index (Phi) is 2.46. The van der Waals surface area contributed by atoms with Gasteiger partial charge in [0.2, 0.25) is 0 Å². The van der Waals surface area contributed by atoms with Gasteiger partial charge in [-0.25, -0.2) is 0 Å². The molecule has 0 bridgehead atoms. The van der Waals surface area contributed by atoms with Crippen LogP contribution in [-0.4, -0.2) is 38.7 Å². The zero-order valence-electron chi connectivity index (χ0n) is 7.27. The smallest absolute Gasteiger partial charge is 0.191 e. The summed E-state index contributed by atoms with van der Waals surface area (Å²) in [4.78, 5) is 4.27. The van der Waals surface area contributed by atoms with Crippen molar-refractivity contribution in [2.45, 2.75) is 6.42 Å². The van der Waals surface area contributed by atoms with E-state index in [-0.39, 0.29) is 0 Å². The third kappa shape index (κ3) is 1.88. The lowest BCUT2D eigenvalue weighted by Crippen LogP contribution is -2.37. The van der Waals surface area contributed by atoms with E-state index < -0.39 is 0 Å². The van der Waals surface area contributed by atoms with Crippen LogP contribution in [0.1, 0.15) is 6.42 Å². The number of hydrogen-bond acceptors (Lipinski definition) is 4. The molecule has 4 nitrogen and oxygen atoms in total. The van der Waals surface area contributed by atoms with Gasteiger partial charge >= 0.3 is 0 Å². The first-order valence-electron chi connectivity index (χ1n) is 4.68. The molecule has 1 fully saturated rings. The second kappa shape index (κ2) is 3.76. The molecular formula is C8H16N4. The highest BCUT2D eigenvalue weighted by molar-refractivity contribution is 5.81. The molecule has 3 N–H and O–H groups in total. The Morgan fingerprint density at radius 2 is 2.50 bits per heavy atom. The fraction of sp³-hybridized carbons (Fsp3) is 0.875. The molecule has 0 aromatic carbocycles. The van der Waals surface area contributed by atoms with Gasteiger partial charge in [-0.1, -0.05) is 0 Å². The Morgan fingerprint density at radius 3 is 3.17 bits per heavy atom. The van der Waals surface area contributed by atoms with E-state index in [0.717, 1.165) is 38.1 Å². The molecule has 2 rings (SSSR count). The van der Waals surface area contributed by atoms with E-state index in [2.05, 4.69) is 20.9 Å². The molecule has 2 heterocycles. The summed E-state index contributed by atoms with van der Waals surface area (Å²) in [5.74, 6) is 1.78. The van der Waals surface area contributed by atoms with E-state index in [4.69, 9.17) is 0 Å². The van der Waals surface area contributed by atoms with Gasteiger partial charge in [-0.05, 0) is 25.4 Å². The Labute approximate surface area is 72.8 Å². The number of rotatable bonds is 2. The van der Waals surface area contributed by atoms with Gasteiger partial charge in [-0.2, -0.15) is 0 Å². The molecule has 1 atom stereocenters. The number of nitrogens with one attached hydrogen (secondary N) is 3. The molecule has 4 heteroatoms. The van der Waals surface area contributed by atoms with Crippen LogP contribution in [0.4, 0.5) is 0 Å². The minimum Gasteiger partial charge on any atom is -0.356 e. The van der Waals surface area contributed by atoms with Crippen molar-refractivity contribution in [1.82, 2.24) is 16.0 Å². The lowest BCUT2D eigenvalue weighted by Gasteiger charge is -2.10. The minimum atomic E-state index is 0.787. The van der Waals surface area contributed by atoms with Crippen molar-refractivity contribution in [3.8, 4) is 0 Å². The highest BCUT2D eigenvalue weighted by atomic mass is 15.2. The van der Waals surface area contributed by atoms with E-state index >= 15 is 0 Å². The Hall–Kier alpha value is -0.770. The summed E-state index contributed by atoms with van der Waals surface area (Å²) < 4.78 is 0. The van der Waals surface area contributed by atoms with E-state index in [0.29, 0.717) is 0 Å². The van der Waals surface area contributed by atoms with Crippen molar-refractivity contribution in [2.24, 2.45) is 10.9 Å². The maximum Gasteiger partial charge on any atom is 0.191 e. The predicted molar refractivity (Wildman–Crippen MR) is 49.3 cm³/mol. The first-order chi connectivity index (χ1) is 5.95. The molecule has 0 radical (unpaired) electrons. The van der Waals surface area contributed by atoms with Crippen molar-refractivity contribution in [1.29, 1.82) is 0 Å². The molecule has 0 aromatic rings. The van der Waals surface area contributed by atoms with Crippen LogP contribution in [0, 0.1) is 5.92 Å². The average molecular weight is 168 g/mol. The lowest BCUT2D eigenvalue weighted by molar-refractivity contribution is 0.563. The first-order valence-corrected chi connectivity index (χ1v) is 4.68. The topological polar surface area (TPSA) is 48.4 Å². The number of hydrogen-bond donors (Lipinski definition) is 3. The third-order valence-corrected chi connectivity index (χ3v) is 2.39. The average Bonchev–Trinajstić information content (AvgIpc) is 2.74. The maximum absolute atomic E-state index is 4.27. The quantitative estimate of drug-likeness (QED) is 0.503. The molecule has 2 aliphatic rings. The SMILES string of the molecule is C1CNC(NCC2CCNC2)=N1. The summed E-state index contributed by atoms with van der Waals surface area (Å²) in [6.07, 6.45) is 1.29. The standard InChI is InChI=1S/C8H16N4/c1-2-9-5-7(1)6-12-8-10-3-4-11-8/h7,9H,1-6H2,(H2,10,11,12). The van der Waals surface area contributed by atoms with Gasteiger partial charge in [0.05, 0.1) is 6.54 Å². The van der Waals surface area contributed by atoms with E-state index in [1.807, 2.05) is 0 Å². The van der Waals surface area contributed by atoms with Crippen LogP contribution in [0.2, 0.25) is 0 Å². The molecule has 68 valence electrons. The van der Waals surface area contributed by atoms with Crippen molar-refractivity contribution in [3.63, 3.8) is 0 Å². The van der Waals surface area contributed by atoms with Crippen LogP contribution in [0.25, 0.3) is 0 Å². The summed E-state index contributed by atoms with van der Waals surface area (Å²) in [5, 5.41) is 9.87. The molecule has 1 unspecified atom stereocenters. The summed E-state index contributed by atoms with van der Waals surface area (Å²) in [6, 6.07) is 0. The van der Waals surface area contributed by atoms with Gasteiger partial charge in [0, 0.05) is 13.1 Å². The second-order valence-electron chi connectivity index (χ2n) is 3.40. The molecule has 0 aliphatic carbocycles. The summed E-state index contributed by atoms with van der Waals surface area (Å²) in [5.41, 5.74) is 0. The fourth-order valence-electron chi connectivity index (χ4n) is 1.65. The van der Waals surface area contributed by atoms with Gasteiger partial charge in [-0.15, -0.1) is 0 Å². The normalized spacial score (nSPS) is 28.3. The second-order valence-corrected chi connectivity index (χ2v) is 3.40. The Balaban J connectivity index is 1.67. The van der Waals surface area contributed by atoms with E-state index in [9.17, 15) is 0 Å². The zero-order valence-corrected chi connectivity index (χ0v) is 7.27. The molecule has 0 aromatic heterocycles. The third-order valence-electron chi connectivity index (χ3n) is 2.39. The fourth-order valence-corrected chi connectivity index (χ4v) is 1.65. The van der Waals surface area contributed by atoms with E-state index in [1.54, 1.807) is 0 Å². The van der Waals surface area contributed by atoms with Gasteiger partial charge < -0.3 is 16.0 Å². The van der Waals surface area contributed by atoms with E-state index in [1.165, 1.54) is 13.0 Å². The predicted octanol–water partition coefficient (Wildman–Crippen LogP) is -0.855. The van der Waals surface area contributed by atoms with Crippen molar-refractivity contribution >= 4 is 5.96 Å². The molecule has 0 amide bonds. The number of nitrogens with zero attached hydrogens (tertiary/aromatic N) is 1. The van der Waals surface area contributed by atoms with Crippen molar-refractivity contribution in [2.75, 3.05) is 32.7 Å². The van der Waals surface area contributed by atoms with Crippen LogP contribution in [0.15, 0.2) is 4.99 Å². The van der Waals surface area contributed by atoms with Gasteiger partial charge in [0.1, 0.15) is 0 Å². The Morgan fingerprint density at radius 1 is 1.50 bits per heavy atom. The van der Waals surface area contributed by atoms with Gasteiger partial charge in [0.15, 0.2) is 5.96 Å². The maximum atomic E-state index is 4.27. The van der Waals surface area contributed by atoms with Crippen molar-refractivity contribution in [3.05, 3.63) is 0 Å². The number of guanidine groups is 1. The molecular weight excluding hydrogens is 152 g/mol. The summed E-state index contributed by atoms with van der Waals surface area (Å²) in [7, 11) is 0. The van der Waals surface area contributed by atoms with Gasteiger partial charge in [0.25, 0.3) is 0 Å². The summed E-state index contributed by atoms with van der Waals surface area (Å²) >= 11 is 0. The van der Waals surface area contributed by atoms with Crippen LogP contribution in [-0.2, 0) is 0 Å². The van der Waals surface area contributed by atoms with Crippen LogP contribution in [0.5, 0.6) is 0 Å². The summed E-state index contributed by atoms with van der Waals surface area (Å²) in [6.45, 7) is 5.29. The highest BCUT2D eigenvalue weighted by Gasteiger charge is 2.14. The lowest BCUT2D eigenvalue weighted by atomic mass is 10.1. The van der Waals surface area contributed by atoms with Gasteiger partial charge in [-0.3, -0.25) is 4.99 Å². The van der Waals surface area contributed by atoms with Crippen LogP contribution < -0.4 is 16.0 Å². The largest absolute Gasteiger partial charge is 0.356 e. The highest BCUT2D eigenvalue weighted by Crippen LogP contribution is 2.04. The first kappa shape index (κ1) is 7.86. The Bertz CT molecular complexity index is 172. The minimum absolute atomic E-state index is 0.787. The molecule has 0 saturated carbocycles. The molecule has 1 saturated heterocycles. The zero-order chi connectivity index (χ0) is 8.23. The monoisotopic (exact) mass is 168 g/mol. The number of aliphatic imine (C=N–C) groups is 1. The van der Waals surface area contributed by atoms with Crippen LogP contribution >= 0.6 is 0 Å².